The monoisotopic (exact) mass is 336 g/mol. The molecule has 0 radical (unpaired) electrons. The van der Waals surface area contributed by atoms with Crippen LogP contribution in [-0.2, 0) is 4.74 Å². The third-order valence-electron chi connectivity index (χ3n) is 4.06. The number of carbonyl (C=O) groups is 1. The van der Waals surface area contributed by atoms with E-state index in [2.05, 4.69) is 36.5 Å². The number of aryl methyl sites for hydroxylation is 1. The Morgan fingerprint density at radius 2 is 2.17 bits per heavy atom. The van der Waals surface area contributed by atoms with Crippen LogP contribution in [0.2, 0.25) is 0 Å². The molecule has 1 atom stereocenters. The zero-order valence-corrected chi connectivity index (χ0v) is 15.0. The number of urea groups is 1. The summed E-state index contributed by atoms with van der Waals surface area (Å²) in [6.07, 6.45) is 4.83. The third kappa shape index (κ3) is 6.83. The first-order valence-electron chi connectivity index (χ1n) is 8.45. The summed E-state index contributed by atoms with van der Waals surface area (Å²) in [5, 5.41) is 2.98. The number of amides is 2. The molecule has 1 N–H and O–H groups in total. The Balaban J connectivity index is 1.53. The van der Waals surface area contributed by atoms with Crippen molar-refractivity contribution >= 4 is 17.8 Å². The molecule has 1 heterocycles. The summed E-state index contributed by atoms with van der Waals surface area (Å²) in [6.45, 7) is 4.47. The van der Waals surface area contributed by atoms with Gasteiger partial charge in [-0.25, -0.2) is 4.79 Å². The molecular formula is C18H28N2O2S. The summed E-state index contributed by atoms with van der Waals surface area (Å²) in [4.78, 5) is 15.0. The van der Waals surface area contributed by atoms with Gasteiger partial charge < -0.3 is 15.0 Å². The number of hydrogen-bond acceptors (Lipinski definition) is 3. The van der Waals surface area contributed by atoms with Crippen LogP contribution < -0.4 is 5.32 Å². The molecule has 0 aromatic heterocycles. The minimum absolute atomic E-state index is 0.0156. The van der Waals surface area contributed by atoms with Gasteiger partial charge in [-0.15, -0.1) is 11.8 Å². The van der Waals surface area contributed by atoms with Gasteiger partial charge in [0, 0.05) is 37.4 Å². The van der Waals surface area contributed by atoms with Gasteiger partial charge in [0.2, 0.25) is 0 Å². The van der Waals surface area contributed by atoms with Crippen LogP contribution in [0.4, 0.5) is 4.79 Å². The van der Waals surface area contributed by atoms with Crippen molar-refractivity contribution in [3.8, 4) is 0 Å². The van der Waals surface area contributed by atoms with Crippen molar-refractivity contribution in [3.63, 3.8) is 0 Å². The summed E-state index contributed by atoms with van der Waals surface area (Å²) in [5.41, 5.74) is 1.27. The zero-order valence-electron chi connectivity index (χ0n) is 14.2. The highest BCUT2D eigenvalue weighted by Crippen LogP contribution is 2.18. The van der Waals surface area contributed by atoms with E-state index in [1.165, 1.54) is 23.3 Å². The number of nitrogens with zero attached hydrogens (tertiary/aromatic N) is 1. The van der Waals surface area contributed by atoms with Crippen molar-refractivity contribution in [2.45, 2.75) is 43.6 Å². The van der Waals surface area contributed by atoms with Crippen LogP contribution in [0.3, 0.4) is 0 Å². The summed E-state index contributed by atoms with van der Waals surface area (Å²) in [7, 11) is 1.86. The molecule has 0 unspecified atom stereocenters. The SMILES string of the molecule is Cc1ccc(SCCNC(=O)N(C)CCC[C@@H]2CCCO2)cc1. The Kier molecular flexibility index (Phi) is 7.76. The highest BCUT2D eigenvalue weighted by molar-refractivity contribution is 7.99. The van der Waals surface area contributed by atoms with Crippen LogP contribution in [-0.4, -0.2) is 49.5 Å². The lowest BCUT2D eigenvalue weighted by Crippen LogP contribution is -2.38. The maximum absolute atomic E-state index is 12.0. The lowest BCUT2D eigenvalue weighted by molar-refractivity contribution is 0.100. The predicted molar refractivity (Wildman–Crippen MR) is 96.1 cm³/mol. The van der Waals surface area contributed by atoms with E-state index in [-0.39, 0.29) is 6.03 Å². The molecule has 1 aliphatic rings. The molecular weight excluding hydrogens is 308 g/mol. The Morgan fingerprint density at radius 3 is 2.87 bits per heavy atom. The zero-order chi connectivity index (χ0) is 16.5. The fourth-order valence-corrected chi connectivity index (χ4v) is 3.39. The van der Waals surface area contributed by atoms with Gasteiger partial charge in [-0.2, -0.15) is 0 Å². The largest absolute Gasteiger partial charge is 0.378 e. The van der Waals surface area contributed by atoms with Crippen LogP contribution in [0.25, 0.3) is 0 Å². The van der Waals surface area contributed by atoms with E-state index in [0.29, 0.717) is 12.6 Å². The van der Waals surface area contributed by atoms with Crippen LogP contribution >= 0.6 is 11.8 Å². The van der Waals surface area contributed by atoms with Crippen LogP contribution in [0.1, 0.15) is 31.2 Å². The van der Waals surface area contributed by atoms with E-state index < -0.39 is 0 Å². The van der Waals surface area contributed by atoms with Gasteiger partial charge in [0.25, 0.3) is 0 Å². The number of nitrogens with one attached hydrogen (secondary N) is 1. The average Bonchev–Trinajstić information content (AvgIpc) is 3.06. The number of ether oxygens (including phenoxy) is 1. The normalized spacial score (nSPS) is 17.2. The lowest BCUT2D eigenvalue weighted by Gasteiger charge is -2.18. The number of rotatable bonds is 8. The topological polar surface area (TPSA) is 41.6 Å². The molecule has 1 aliphatic heterocycles. The fraction of sp³-hybridized carbons (Fsp3) is 0.611. The van der Waals surface area contributed by atoms with Crippen molar-refractivity contribution in [2.24, 2.45) is 0 Å². The van der Waals surface area contributed by atoms with Crippen molar-refractivity contribution in [1.82, 2.24) is 10.2 Å². The first-order chi connectivity index (χ1) is 11.1. The summed E-state index contributed by atoms with van der Waals surface area (Å²) >= 11 is 1.77. The van der Waals surface area contributed by atoms with E-state index in [0.717, 1.165) is 31.7 Å². The predicted octanol–water partition coefficient (Wildman–Crippen LogP) is 3.69. The highest BCUT2D eigenvalue weighted by Gasteiger charge is 2.15. The molecule has 0 bridgehead atoms. The Labute approximate surface area is 144 Å². The second kappa shape index (κ2) is 9.83. The summed E-state index contributed by atoms with van der Waals surface area (Å²) < 4.78 is 5.60. The second-order valence-corrected chi connectivity index (χ2v) is 7.26. The van der Waals surface area contributed by atoms with Crippen molar-refractivity contribution < 1.29 is 9.53 Å². The Hall–Kier alpha value is -1.20. The second-order valence-electron chi connectivity index (χ2n) is 6.09. The smallest absolute Gasteiger partial charge is 0.317 e. The maximum Gasteiger partial charge on any atom is 0.317 e. The van der Waals surface area contributed by atoms with Crippen LogP contribution in [0, 0.1) is 6.92 Å². The molecule has 5 heteroatoms. The molecule has 23 heavy (non-hydrogen) atoms. The van der Waals surface area contributed by atoms with Gasteiger partial charge in [-0.3, -0.25) is 0 Å². The number of thioether (sulfide) groups is 1. The molecule has 0 aliphatic carbocycles. The molecule has 1 fully saturated rings. The Morgan fingerprint density at radius 1 is 1.39 bits per heavy atom. The maximum atomic E-state index is 12.0. The summed E-state index contributed by atoms with van der Waals surface area (Å²) in [6, 6.07) is 8.49. The minimum atomic E-state index is 0.0156. The molecule has 1 saturated heterocycles. The van der Waals surface area contributed by atoms with Crippen LogP contribution in [0.15, 0.2) is 29.2 Å². The van der Waals surface area contributed by atoms with Crippen molar-refractivity contribution in [1.29, 1.82) is 0 Å². The van der Waals surface area contributed by atoms with Crippen molar-refractivity contribution in [2.75, 3.05) is 32.5 Å². The van der Waals surface area contributed by atoms with E-state index in [1.54, 1.807) is 16.7 Å². The van der Waals surface area contributed by atoms with E-state index in [4.69, 9.17) is 4.74 Å². The highest BCUT2D eigenvalue weighted by atomic mass is 32.2. The van der Waals surface area contributed by atoms with Gasteiger partial charge in [0.15, 0.2) is 0 Å². The molecule has 1 aromatic rings. The number of benzene rings is 1. The fourth-order valence-electron chi connectivity index (χ4n) is 2.63. The van der Waals surface area contributed by atoms with Gasteiger partial charge in [0.1, 0.15) is 0 Å². The quantitative estimate of drug-likeness (QED) is 0.581. The molecule has 0 spiro atoms. The number of hydrogen-bond donors (Lipinski definition) is 1. The molecule has 2 rings (SSSR count). The average molecular weight is 337 g/mol. The molecule has 0 saturated carbocycles. The Bertz CT molecular complexity index is 472. The first-order valence-corrected chi connectivity index (χ1v) is 9.44. The lowest BCUT2D eigenvalue weighted by atomic mass is 10.1. The molecule has 4 nitrogen and oxygen atoms in total. The van der Waals surface area contributed by atoms with Crippen LogP contribution in [0.5, 0.6) is 0 Å². The van der Waals surface area contributed by atoms with E-state index >= 15 is 0 Å². The first kappa shape index (κ1) is 18.1. The van der Waals surface area contributed by atoms with E-state index in [9.17, 15) is 4.79 Å². The van der Waals surface area contributed by atoms with E-state index in [1.807, 2.05) is 7.05 Å². The van der Waals surface area contributed by atoms with Gasteiger partial charge in [-0.05, 0) is 44.7 Å². The standard InChI is InChI=1S/C18H28N2O2S/c1-15-7-9-17(10-8-15)23-14-11-19-18(21)20(2)12-3-5-16-6-4-13-22-16/h7-10,16H,3-6,11-14H2,1-2H3,(H,19,21)/t16-/m1/s1. The third-order valence-corrected chi connectivity index (χ3v) is 5.07. The van der Waals surface area contributed by atoms with Crippen molar-refractivity contribution in [3.05, 3.63) is 29.8 Å². The molecule has 2 amide bonds. The molecule has 1 aromatic carbocycles. The van der Waals surface area contributed by atoms with Gasteiger partial charge in [-0.1, -0.05) is 17.7 Å². The van der Waals surface area contributed by atoms with Gasteiger partial charge in [0.05, 0.1) is 6.10 Å². The number of carbonyl (C=O) groups excluding carboxylic acids is 1. The molecule has 128 valence electrons. The van der Waals surface area contributed by atoms with Gasteiger partial charge >= 0.3 is 6.03 Å². The minimum Gasteiger partial charge on any atom is -0.378 e. The summed E-state index contributed by atoms with van der Waals surface area (Å²) in [5.74, 6) is 0.887.